The van der Waals surface area contributed by atoms with E-state index >= 15 is 0 Å². The highest BCUT2D eigenvalue weighted by atomic mass is 35.5. The van der Waals surface area contributed by atoms with Crippen molar-refractivity contribution in [1.82, 2.24) is 20.3 Å². The Hall–Kier alpha value is -4.79. The molecule has 2 N–H and O–H groups in total. The standard InChI is InChI=1S/C27H16ClFN6O/c28-23-14-33-25-9-24(29)20(8-22(23)25)13-35-27(36)17-1-2-32-21(7-17)6-15-3-18-5-16(10-30)12-34-26(18)19(4-15)11-31/h1-5,7-9,12,14,33H,6,13H2,(H,35,36). The molecule has 5 rings (SSSR count). The zero-order valence-electron chi connectivity index (χ0n) is 18.6. The molecule has 0 aliphatic heterocycles. The summed E-state index contributed by atoms with van der Waals surface area (Å²) in [5, 5.41) is 23.3. The Morgan fingerprint density at radius 1 is 1.11 bits per heavy atom. The minimum atomic E-state index is -0.449. The van der Waals surface area contributed by atoms with Gasteiger partial charge in [0, 0.05) is 64.7 Å². The summed E-state index contributed by atoms with van der Waals surface area (Å²) in [7, 11) is 0. The van der Waals surface area contributed by atoms with Gasteiger partial charge in [0.05, 0.1) is 21.7 Å². The van der Waals surface area contributed by atoms with E-state index in [1.807, 2.05) is 12.1 Å². The summed E-state index contributed by atoms with van der Waals surface area (Å²) in [4.78, 5) is 24.3. The van der Waals surface area contributed by atoms with Gasteiger partial charge in [-0.05, 0) is 48.0 Å². The molecular formula is C27H16ClFN6O. The Labute approximate surface area is 209 Å². The first-order chi connectivity index (χ1) is 17.4. The molecule has 0 aliphatic carbocycles. The molecule has 0 bridgehead atoms. The van der Waals surface area contributed by atoms with Crippen molar-refractivity contribution < 1.29 is 9.18 Å². The molecule has 0 saturated carbocycles. The number of halogens is 2. The minimum absolute atomic E-state index is 0.00972. The van der Waals surface area contributed by atoms with E-state index in [0.717, 1.165) is 5.56 Å². The van der Waals surface area contributed by atoms with Crippen LogP contribution in [-0.2, 0) is 13.0 Å². The van der Waals surface area contributed by atoms with Crippen LogP contribution in [0.1, 0.15) is 38.3 Å². The van der Waals surface area contributed by atoms with Gasteiger partial charge < -0.3 is 10.3 Å². The van der Waals surface area contributed by atoms with E-state index in [1.54, 1.807) is 36.5 Å². The molecule has 3 aromatic heterocycles. The zero-order valence-corrected chi connectivity index (χ0v) is 19.4. The van der Waals surface area contributed by atoms with E-state index in [9.17, 15) is 14.4 Å². The molecule has 9 heteroatoms. The number of hydrogen-bond acceptors (Lipinski definition) is 5. The summed E-state index contributed by atoms with van der Waals surface area (Å²) in [5.41, 5.74) is 3.99. The van der Waals surface area contributed by atoms with Gasteiger partial charge in [-0.15, -0.1) is 0 Å². The third kappa shape index (κ3) is 4.46. The van der Waals surface area contributed by atoms with Crippen LogP contribution in [0.5, 0.6) is 0 Å². The molecule has 0 unspecified atom stereocenters. The molecule has 1 amide bonds. The molecule has 0 atom stereocenters. The van der Waals surface area contributed by atoms with Crippen LogP contribution in [-0.4, -0.2) is 20.9 Å². The van der Waals surface area contributed by atoms with Gasteiger partial charge in [-0.25, -0.2) is 4.39 Å². The monoisotopic (exact) mass is 494 g/mol. The number of benzene rings is 2. The molecule has 0 aliphatic rings. The molecule has 2 aromatic carbocycles. The number of carbonyl (C=O) groups is 1. The third-order valence-corrected chi connectivity index (χ3v) is 6.11. The number of rotatable bonds is 5. The minimum Gasteiger partial charge on any atom is -0.360 e. The number of amides is 1. The number of nitriles is 2. The lowest BCUT2D eigenvalue weighted by atomic mass is 10.0. The molecule has 5 aromatic rings. The van der Waals surface area contributed by atoms with Crippen molar-refractivity contribution in [3.05, 3.63) is 105 Å². The largest absolute Gasteiger partial charge is 0.360 e. The molecule has 174 valence electrons. The van der Waals surface area contributed by atoms with Crippen molar-refractivity contribution in [2.24, 2.45) is 0 Å². The van der Waals surface area contributed by atoms with Crippen LogP contribution in [0.4, 0.5) is 4.39 Å². The van der Waals surface area contributed by atoms with E-state index in [1.165, 1.54) is 18.5 Å². The second-order valence-corrected chi connectivity index (χ2v) is 8.59. The molecule has 0 spiro atoms. The Balaban J connectivity index is 1.35. The highest BCUT2D eigenvalue weighted by Crippen LogP contribution is 2.26. The maximum absolute atomic E-state index is 14.4. The fraction of sp³-hybridized carbons (Fsp3) is 0.0741. The molecule has 3 heterocycles. The lowest BCUT2D eigenvalue weighted by Gasteiger charge is -2.09. The molecule has 0 saturated heterocycles. The summed E-state index contributed by atoms with van der Waals surface area (Å²) in [6.07, 6.45) is 4.90. The van der Waals surface area contributed by atoms with Crippen LogP contribution in [0.25, 0.3) is 21.8 Å². The normalized spacial score (nSPS) is 10.8. The predicted molar refractivity (Wildman–Crippen MR) is 133 cm³/mol. The van der Waals surface area contributed by atoms with Crippen molar-refractivity contribution in [2.45, 2.75) is 13.0 Å². The number of hydrogen-bond donors (Lipinski definition) is 2. The second-order valence-electron chi connectivity index (χ2n) is 8.18. The molecule has 7 nitrogen and oxygen atoms in total. The van der Waals surface area contributed by atoms with E-state index in [-0.39, 0.29) is 12.5 Å². The molecule has 36 heavy (non-hydrogen) atoms. The lowest BCUT2D eigenvalue weighted by molar-refractivity contribution is 0.0950. The smallest absolute Gasteiger partial charge is 0.251 e. The van der Waals surface area contributed by atoms with Gasteiger partial charge in [0.2, 0.25) is 0 Å². The number of nitrogens with zero attached hydrogens (tertiary/aromatic N) is 4. The van der Waals surface area contributed by atoms with Crippen molar-refractivity contribution in [3.63, 3.8) is 0 Å². The maximum atomic E-state index is 14.4. The topological polar surface area (TPSA) is 118 Å². The first kappa shape index (κ1) is 23.0. The van der Waals surface area contributed by atoms with Gasteiger partial charge in [-0.1, -0.05) is 11.6 Å². The first-order valence-corrected chi connectivity index (χ1v) is 11.2. The average Bonchev–Trinajstić information content (AvgIpc) is 3.25. The third-order valence-electron chi connectivity index (χ3n) is 5.79. The summed E-state index contributed by atoms with van der Waals surface area (Å²) in [6.45, 7) is -0.00972. The van der Waals surface area contributed by atoms with Crippen LogP contribution in [0, 0.1) is 28.5 Å². The van der Waals surface area contributed by atoms with Crippen molar-refractivity contribution in [2.75, 3.05) is 0 Å². The van der Waals surface area contributed by atoms with Crippen molar-refractivity contribution >= 4 is 39.3 Å². The number of fused-ring (bicyclic) bond motifs is 2. The van der Waals surface area contributed by atoms with Crippen LogP contribution >= 0.6 is 11.6 Å². The van der Waals surface area contributed by atoms with Crippen molar-refractivity contribution in [1.29, 1.82) is 10.5 Å². The van der Waals surface area contributed by atoms with Crippen LogP contribution in [0.15, 0.2) is 61.1 Å². The van der Waals surface area contributed by atoms with E-state index < -0.39 is 5.82 Å². The average molecular weight is 495 g/mol. The Kier molecular flexibility index (Phi) is 6.03. The van der Waals surface area contributed by atoms with Gasteiger partial charge in [0.15, 0.2) is 0 Å². The Bertz CT molecular complexity index is 1750. The number of H-pyrrole nitrogens is 1. The van der Waals surface area contributed by atoms with Crippen LogP contribution in [0.2, 0.25) is 5.02 Å². The maximum Gasteiger partial charge on any atom is 0.251 e. The molecular weight excluding hydrogens is 479 g/mol. The zero-order chi connectivity index (χ0) is 25.2. The number of carbonyl (C=O) groups excluding carboxylic acids is 1. The van der Waals surface area contributed by atoms with Crippen molar-refractivity contribution in [3.8, 4) is 12.1 Å². The Morgan fingerprint density at radius 3 is 2.78 bits per heavy atom. The highest BCUT2D eigenvalue weighted by Gasteiger charge is 2.13. The van der Waals surface area contributed by atoms with Gasteiger partial charge in [-0.2, -0.15) is 10.5 Å². The van der Waals surface area contributed by atoms with Gasteiger partial charge in [-0.3, -0.25) is 14.8 Å². The summed E-state index contributed by atoms with van der Waals surface area (Å²) in [5.74, 6) is -0.826. The molecule has 0 radical (unpaired) electrons. The van der Waals surface area contributed by atoms with Crippen LogP contribution in [0.3, 0.4) is 0 Å². The number of nitrogens with one attached hydrogen (secondary N) is 2. The van der Waals surface area contributed by atoms with Gasteiger partial charge >= 0.3 is 0 Å². The van der Waals surface area contributed by atoms with E-state index in [4.69, 9.17) is 16.9 Å². The lowest BCUT2D eigenvalue weighted by Crippen LogP contribution is -2.23. The second kappa shape index (κ2) is 9.46. The Morgan fingerprint density at radius 2 is 1.97 bits per heavy atom. The number of pyridine rings is 2. The highest BCUT2D eigenvalue weighted by molar-refractivity contribution is 6.35. The van der Waals surface area contributed by atoms with E-state index in [2.05, 4.69) is 26.3 Å². The summed E-state index contributed by atoms with van der Waals surface area (Å²) < 4.78 is 14.4. The van der Waals surface area contributed by atoms with Gasteiger partial charge in [0.25, 0.3) is 5.91 Å². The number of aromatic nitrogens is 3. The molecule has 0 fully saturated rings. The van der Waals surface area contributed by atoms with Crippen LogP contribution < -0.4 is 5.32 Å². The quantitative estimate of drug-likeness (QED) is 0.349. The summed E-state index contributed by atoms with van der Waals surface area (Å²) in [6, 6.07) is 15.6. The predicted octanol–water partition coefficient (Wildman–Crippen LogP) is 5.17. The fourth-order valence-electron chi connectivity index (χ4n) is 4.05. The SMILES string of the molecule is N#Cc1cnc2c(C#N)cc(Cc3cc(C(=O)NCc4cc5c(Cl)c[nH]c5cc4F)ccn3)cc2c1. The van der Waals surface area contributed by atoms with E-state index in [0.29, 0.717) is 61.2 Å². The first-order valence-electron chi connectivity index (χ1n) is 10.9. The fourth-order valence-corrected chi connectivity index (χ4v) is 4.26. The number of aromatic amines is 1. The summed E-state index contributed by atoms with van der Waals surface area (Å²) >= 11 is 6.12. The van der Waals surface area contributed by atoms with Gasteiger partial charge in [0.1, 0.15) is 18.0 Å².